The molecule has 5 rings (SSSR count). The molecule has 0 atom stereocenters. The fourth-order valence-electron chi connectivity index (χ4n) is 3.74. The Balaban J connectivity index is 1.44. The largest absolute Gasteiger partial charge is 0.444 e. The molecule has 0 bridgehead atoms. The van der Waals surface area contributed by atoms with E-state index in [0.717, 1.165) is 46.4 Å². The summed E-state index contributed by atoms with van der Waals surface area (Å²) in [7, 11) is 1.87. The van der Waals surface area contributed by atoms with Gasteiger partial charge in [-0.3, -0.25) is 9.58 Å². The lowest BCUT2D eigenvalue weighted by Crippen LogP contribution is -2.30. The third kappa shape index (κ3) is 3.92. The third-order valence-corrected chi connectivity index (χ3v) is 5.29. The van der Waals surface area contributed by atoms with Crippen LogP contribution in [0.1, 0.15) is 24.1 Å². The Bertz CT molecular complexity index is 1260. The van der Waals surface area contributed by atoms with E-state index in [-0.39, 0.29) is 12.7 Å². The predicted octanol–water partition coefficient (Wildman–Crippen LogP) is 3.90. The van der Waals surface area contributed by atoms with Crippen molar-refractivity contribution < 1.29 is 9.53 Å². The van der Waals surface area contributed by atoms with Crippen molar-refractivity contribution >= 4 is 17.2 Å². The highest BCUT2D eigenvalue weighted by Gasteiger charge is 2.22. The number of rotatable bonds is 4. The number of carbonyl (C=O) groups is 1. The molecule has 1 aliphatic rings. The lowest BCUT2D eigenvalue weighted by atomic mass is 10.0. The quantitative estimate of drug-likeness (QED) is 0.506. The van der Waals surface area contributed by atoms with Crippen molar-refractivity contribution in [1.82, 2.24) is 29.3 Å². The van der Waals surface area contributed by atoms with Crippen LogP contribution in [0.15, 0.2) is 67.4 Å². The van der Waals surface area contributed by atoms with Gasteiger partial charge in [0.15, 0.2) is 0 Å². The van der Waals surface area contributed by atoms with Crippen LogP contribution in [0.5, 0.6) is 0 Å². The fraction of sp³-hybridized carbons (Fsp3) is 0.217. The van der Waals surface area contributed by atoms with E-state index in [1.54, 1.807) is 22.0 Å². The van der Waals surface area contributed by atoms with Gasteiger partial charge in [-0.05, 0) is 30.0 Å². The van der Waals surface area contributed by atoms with E-state index in [4.69, 9.17) is 9.72 Å². The van der Waals surface area contributed by atoms with Gasteiger partial charge in [-0.1, -0.05) is 30.3 Å². The summed E-state index contributed by atoms with van der Waals surface area (Å²) in [5.41, 5.74) is 5.36. The maximum atomic E-state index is 12.7. The van der Waals surface area contributed by atoms with Crippen LogP contribution in [0.25, 0.3) is 22.3 Å². The number of benzene rings is 1. The summed E-state index contributed by atoms with van der Waals surface area (Å²) in [5.74, 6) is 0. The van der Waals surface area contributed by atoms with Crippen LogP contribution in [-0.4, -0.2) is 41.9 Å². The van der Waals surface area contributed by atoms with Crippen molar-refractivity contribution in [2.45, 2.75) is 19.4 Å². The second-order valence-corrected chi connectivity index (χ2v) is 7.53. The number of allylic oxidation sites excluding steroid dienone is 1. The molecule has 156 valence electrons. The number of fused-ring (bicyclic) bond motifs is 1. The van der Waals surface area contributed by atoms with Gasteiger partial charge in [-0.25, -0.2) is 14.3 Å². The first-order chi connectivity index (χ1) is 15.2. The summed E-state index contributed by atoms with van der Waals surface area (Å²) in [5, 5.41) is 8.65. The normalized spacial score (nSPS) is 14.0. The number of hydrogen-bond acceptors (Lipinski definition) is 5. The van der Waals surface area contributed by atoms with Gasteiger partial charge in [-0.2, -0.15) is 10.2 Å². The van der Waals surface area contributed by atoms with Crippen LogP contribution in [0.4, 0.5) is 4.79 Å². The molecule has 0 radical (unpaired) electrons. The number of aryl methyl sites for hydroxylation is 1. The average Bonchev–Trinajstić information content (AvgIpc) is 3.46. The molecule has 0 fully saturated rings. The zero-order chi connectivity index (χ0) is 21.2. The van der Waals surface area contributed by atoms with Crippen molar-refractivity contribution in [3.63, 3.8) is 0 Å². The van der Waals surface area contributed by atoms with E-state index >= 15 is 0 Å². The zero-order valence-electron chi connectivity index (χ0n) is 17.2. The molecule has 0 spiro atoms. The third-order valence-electron chi connectivity index (χ3n) is 5.29. The first-order valence-electron chi connectivity index (χ1n) is 10.2. The van der Waals surface area contributed by atoms with Gasteiger partial charge in [0.05, 0.1) is 35.5 Å². The second-order valence-electron chi connectivity index (χ2n) is 7.53. The predicted molar refractivity (Wildman–Crippen MR) is 116 cm³/mol. The van der Waals surface area contributed by atoms with Crippen LogP contribution in [0.2, 0.25) is 0 Å². The van der Waals surface area contributed by atoms with Gasteiger partial charge in [-0.15, -0.1) is 0 Å². The Kier molecular flexibility index (Phi) is 4.95. The number of hydrogen-bond donors (Lipinski definition) is 0. The SMILES string of the molecule is Cn1cc(-c2cn3nccc3c(C3=CN(C(=O)OCc4ccccc4)CCC3)n2)cn1. The lowest BCUT2D eigenvalue weighted by molar-refractivity contribution is 0.109. The van der Waals surface area contributed by atoms with Gasteiger partial charge in [0.1, 0.15) is 6.61 Å². The molecule has 31 heavy (non-hydrogen) atoms. The number of carbonyl (C=O) groups excluding carboxylic acids is 1. The Morgan fingerprint density at radius 3 is 2.81 bits per heavy atom. The van der Waals surface area contributed by atoms with Crippen LogP contribution in [-0.2, 0) is 18.4 Å². The lowest BCUT2D eigenvalue weighted by Gasteiger charge is -2.24. The van der Waals surface area contributed by atoms with Crippen molar-refractivity contribution in [2.75, 3.05) is 6.54 Å². The Hall–Kier alpha value is -3.94. The van der Waals surface area contributed by atoms with Crippen LogP contribution >= 0.6 is 0 Å². The monoisotopic (exact) mass is 414 g/mol. The van der Waals surface area contributed by atoms with Crippen molar-refractivity contribution in [3.05, 3.63) is 78.6 Å². The molecular weight excluding hydrogens is 392 g/mol. The van der Waals surface area contributed by atoms with E-state index in [0.29, 0.717) is 6.54 Å². The summed E-state index contributed by atoms with van der Waals surface area (Å²) in [6, 6.07) is 11.6. The van der Waals surface area contributed by atoms with Crippen molar-refractivity contribution in [3.8, 4) is 11.3 Å². The van der Waals surface area contributed by atoms with Gasteiger partial charge < -0.3 is 4.74 Å². The van der Waals surface area contributed by atoms with E-state index in [1.807, 2.05) is 66.6 Å². The summed E-state index contributed by atoms with van der Waals surface area (Å²) in [6.07, 6.45) is 10.5. The molecule has 4 aromatic rings. The molecule has 1 aliphatic heterocycles. The van der Waals surface area contributed by atoms with Gasteiger partial charge in [0.25, 0.3) is 0 Å². The molecule has 0 saturated carbocycles. The van der Waals surface area contributed by atoms with Crippen molar-refractivity contribution in [2.24, 2.45) is 7.05 Å². The van der Waals surface area contributed by atoms with Crippen LogP contribution < -0.4 is 0 Å². The summed E-state index contributed by atoms with van der Waals surface area (Å²) in [6.45, 7) is 0.871. The van der Waals surface area contributed by atoms with E-state index in [1.165, 1.54) is 0 Å². The van der Waals surface area contributed by atoms with Crippen LogP contribution in [0, 0.1) is 0 Å². The molecule has 8 nitrogen and oxygen atoms in total. The molecular formula is C23H22N6O2. The van der Waals surface area contributed by atoms with Crippen LogP contribution in [0.3, 0.4) is 0 Å². The molecule has 0 saturated heterocycles. The number of amides is 1. The van der Waals surface area contributed by atoms with E-state index < -0.39 is 0 Å². The minimum Gasteiger partial charge on any atom is -0.444 e. The Morgan fingerprint density at radius 1 is 1.13 bits per heavy atom. The standard InChI is InChI=1S/C23H22N6O2/c1-27-13-19(12-25-27)20-15-29-21(9-10-24-29)22(26-20)18-8-5-11-28(14-18)23(30)31-16-17-6-3-2-4-7-17/h2-4,6-7,9-10,12-15H,5,8,11,16H2,1H3. The maximum absolute atomic E-state index is 12.7. The minimum absolute atomic E-state index is 0.251. The molecule has 3 aromatic heterocycles. The molecule has 0 aliphatic carbocycles. The highest BCUT2D eigenvalue weighted by molar-refractivity contribution is 5.80. The number of ether oxygens (including phenoxy) is 1. The van der Waals surface area contributed by atoms with E-state index in [9.17, 15) is 4.79 Å². The maximum Gasteiger partial charge on any atom is 0.414 e. The second kappa shape index (κ2) is 8.06. The first kappa shape index (κ1) is 19.0. The highest BCUT2D eigenvalue weighted by atomic mass is 16.6. The van der Waals surface area contributed by atoms with Gasteiger partial charge >= 0.3 is 6.09 Å². The molecule has 1 amide bonds. The zero-order valence-corrected chi connectivity index (χ0v) is 17.2. The molecule has 0 unspecified atom stereocenters. The fourth-order valence-corrected chi connectivity index (χ4v) is 3.74. The summed E-state index contributed by atoms with van der Waals surface area (Å²) in [4.78, 5) is 19.2. The topological polar surface area (TPSA) is 77.5 Å². The summed E-state index contributed by atoms with van der Waals surface area (Å²) < 4.78 is 9.08. The minimum atomic E-state index is -0.353. The number of aromatic nitrogens is 5. The average molecular weight is 414 g/mol. The molecule has 0 N–H and O–H groups in total. The summed E-state index contributed by atoms with van der Waals surface area (Å²) >= 11 is 0. The Morgan fingerprint density at radius 2 is 2.00 bits per heavy atom. The van der Waals surface area contributed by atoms with Crippen molar-refractivity contribution in [1.29, 1.82) is 0 Å². The molecule has 4 heterocycles. The van der Waals surface area contributed by atoms with Gasteiger partial charge in [0.2, 0.25) is 0 Å². The highest BCUT2D eigenvalue weighted by Crippen LogP contribution is 2.29. The first-order valence-corrected chi connectivity index (χ1v) is 10.2. The Labute approximate surface area is 179 Å². The molecule has 1 aromatic carbocycles. The molecule has 8 heteroatoms. The van der Waals surface area contributed by atoms with E-state index in [2.05, 4.69) is 10.2 Å². The van der Waals surface area contributed by atoms with Gasteiger partial charge in [0, 0.05) is 31.6 Å². The number of nitrogens with zero attached hydrogens (tertiary/aromatic N) is 6. The smallest absolute Gasteiger partial charge is 0.414 e.